The molecule has 0 atom stereocenters. The van der Waals surface area contributed by atoms with Gasteiger partial charge in [0.25, 0.3) is 0 Å². The van der Waals surface area contributed by atoms with Crippen molar-refractivity contribution in [2.75, 3.05) is 48.7 Å². The van der Waals surface area contributed by atoms with Crippen LogP contribution in [0, 0.1) is 0 Å². The maximum Gasteiger partial charge on any atom is 0.225 e. The van der Waals surface area contributed by atoms with Crippen LogP contribution >= 0.6 is 24.8 Å². The number of rotatable bonds is 5. The first-order chi connectivity index (χ1) is 11.7. The SMILES string of the molecule is Cl.Cl.Nc1ccc(NC(=O)CCN2CCN(c3ccccc3)CC2)cn1. The first kappa shape index (κ1) is 22.0. The van der Waals surface area contributed by atoms with Crippen LogP contribution in [-0.2, 0) is 4.79 Å². The Kier molecular flexibility index (Phi) is 9.19. The fraction of sp³-hybridized carbons (Fsp3) is 0.333. The van der Waals surface area contributed by atoms with Gasteiger partial charge in [0.05, 0.1) is 11.9 Å². The minimum atomic E-state index is 0. The van der Waals surface area contributed by atoms with E-state index in [-0.39, 0.29) is 30.7 Å². The van der Waals surface area contributed by atoms with Crippen molar-refractivity contribution in [2.45, 2.75) is 6.42 Å². The molecule has 0 aliphatic carbocycles. The molecular formula is C18H25Cl2N5O. The lowest BCUT2D eigenvalue weighted by Gasteiger charge is -2.36. The number of nitrogens with two attached hydrogens (primary N) is 1. The highest BCUT2D eigenvalue weighted by Gasteiger charge is 2.17. The molecule has 0 saturated carbocycles. The Labute approximate surface area is 166 Å². The topological polar surface area (TPSA) is 74.5 Å². The fourth-order valence-corrected chi connectivity index (χ4v) is 2.83. The highest BCUT2D eigenvalue weighted by atomic mass is 35.5. The van der Waals surface area contributed by atoms with Gasteiger partial charge in [0, 0.05) is 44.8 Å². The molecule has 0 unspecified atom stereocenters. The summed E-state index contributed by atoms with van der Waals surface area (Å²) in [4.78, 5) is 20.7. The number of pyridine rings is 1. The number of nitrogens with zero attached hydrogens (tertiary/aromatic N) is 3. The fourth-order valence-electron chi connectivity index (χ4n) is 2.83. The van der Waals surface area contributed by atoms with Crippen LogP contribution in [0.2, 0.25) is 0 Å². The van der Waals surface area contributed by atoms with E-state index in [2.05, 4.69) is 44.4 Å². The van der Waals surface area contributed by atoms with Crippen molar-refractivity contribution in [2.24, 2.45) is 0 Å². The molecule has 0 spiro atoms. The molecule has 1 aromatic carbocycles. The molecule has 1 aliphatic rings. The maximum absolute atomic E-state index is 12.0. The summed E-state index contributed by atoms with van der Waals surface area (Å²) in [5.74, 6) is 0.455. The molecular weight excluding hydrogens is 373 g/mol. The molecule has 2 aromatic rings. The zero-order valence-corrected chi connectivity index (χ0v) is 16.1. The molecule has 0 radical (unpaired) electrons. The van der Waals surface area contributed by atoms with Crippen molar-refractivity contribution in [1.82, 2.24) is 9.88 Å². The van der Waals surface area contributed by atoms with Gasteiger partial charge in [-0.2, -0.15) is 0 Å². The number of aromatic nitrogens is 1. The van der Waals surface area contributed by atoms with Crippen molar-refractivity contribution in [3.05, 3.63) is 48.7 Å². The molecule has 26 heavy (non-hydrogen) atoms. The molecule has 6 nitrogen and oxygen atoms in total. The van der Waals surface area contributed by atoms with Crippen molar-refractivity contribution in [3.63, 3.8) is 0 Å². The number of nitrogen functional groups attached to an aromatic ring is 1. The molecule has 8 heteroatoms. The summed E-state index contributed by atoms with van der Waals surface area (Å²) in [7, 11) is 0. The van der Waals surface area contributed by atoms with Gasteiger partial charge in [0.1, 0.15) is 5.82 Å². The number of hydrogen-bond donors (Lipinski definition) is 2. The molecule has 3 N–H and O–H groups in total. The Morgan fingerprint density at radius 3 is 2.35 bits per heavy atom. The van der Waals surface area contributed by atoms with E-state index in [1.54, 1.807) is 18.3 Å². The Morgan fingerprint density at radius 1 is 1.04 bits per heavy atom. The number of amides is 1. The minimum absolute atomic E-state index is 0. The van der Waals surface area contributed by atoms with Crippen LogP contribution in [0.25, 0.3) is 0 Å². The molecule has 0 bridgehead atoms. The predicted octanol–water partition coefficient (Wildman–Crippen LogP) is 2.66. The molecule has 1 aromatic heterocycles. The average molecular weight is 398 g/mol. The summed E-state index contributed by atoms with van der Waals surface area (Å²) < 4.78 is 0. The van der Waals surface area contributed by atoms with Crippen molar-refractivity contribution >= 4 is 47.9 Å². The van der Waals surface area contributed by atoms with Crippen LogP contribution in [0.15, 0.2) is 48.7 Å². The van der Waals surface area contributed by atoms with Gasteiger partial charge in [-0.3, -0.25) is 9.69 Å². The number of nitrogens with one attached hydrogen (secondary N) is 1. The highest BCUT2D eigenvalue weighted by Crippen LogP contribution is 2.15. The number of halogens is 2. The number of piperazine rings is 1. The van der Waals surface area contributed by atoms with E-state index >= 15 is 0 Å². The molecule has 1 saturated heterocycles. The van der Waals surface area contributed by atoms with Crippen LogP contribution in [0.5, 0.6) is 0 Å². The Balaban J connectivity index is 0.00000169. The van der Waals surface area contributed by atoms with E-state index < -0.39 is 0 Å². The van der Waals surface area contributed by atoms with Crippen LogP contribution < -0.4 is 16.0 Å². The molecule has 3 rings (SSSR count). The quantitative estimate of drug-likeness (QED) is 0.810. The number of benzene rings is 1. The second-order valence-corrected chi connectivity index (χ2v) is 5.93. The zero-order valence-electron chi connectivity index (χ0n) is 14.5. The Bertz CT molecular complexity index is 661. The number of para-hydroxylation sites is 1. The Hall–Kier alpha value is -2.02. The van der Waals surface area contributed by atoms with Crippen LogP contribution in [-0.4, -0.2) is 48.5 Å². The summed E-state index contributed by atoms with van der Waals surface area (Å²) in [5, 5.41) is 2.85. The van der Waals surface area contributed by atoms with Crippen molar-refractivity contribution in [3.8, 4) is 0 Å². The first-order valence-corrected chi connectivity index (χ1v) is 8.24. The van der Waals surface area contributed by atoms with E-state index in [0.29, 0.717) is 17.9 Å². The van der Waals surface area contributed by atoms with Gasteiger partial charge in [0.2, 0.25) is 5.91 Å². The lowest BCUT2D eigenvalue weighted by molar-refractivity contribution is -0.116. The third kappa shape index (κ3) is 6.37. The summed E-state index contributed by atoms with van der Waals surface area (Å²) in [6, 6.07) is 13.9. The molecule has 2 heterocycles. The van der Waals surface area contributed by atoms with E-state index in [0.717, 1.165) is 32.7 Å². The minimum Gasteiger partial charge on any atom is -0.384 e. The molecule has 1 fully saturated rings. The average Bonchev–Trinajstić information content (AvgIpc) is 2.63. The van der Waals surface area contributed by atoms with Crippen LogP contribution in [0.1, 0.15) is 6.42 Å². The number of hydrogen-bond acceptors (Lipinski definition) is 5. The highest BCUT2D eigenvalue weighted by molar-refractivity contribution is 5.90. The van der Waals surface area contributed by atoms with Gasteiger partial charge in [-0.1, -0.05) is 18.2 Å². The molecule has 142 valence electrons. The van der Waals surface area contributed by atoms with Gasteiger partial charge < -0.3 is 16.0 Å². The van der Waals surface area contributed by atoms with Gasteiger partial charge in [-0.05, 0) is 24.3 Å². The smallest absolute Gasteiger partial charge is 0.225 e. The third-order valence-corrected chi connectivity index (χ3v) is 4.22. The number of anilines is 3. The van der Waals surface area contributed by atoms with Gasteiger partial charge in [-0.25, -0.2) is 4.98 Å². The standard InChI is InChI=1S/C18H23N5O.2ClH/c19-17-7-6-15(14-20-17)21-18(24)8-9-22-10-12-23(13-11-22)16-4-2-1-3-5-16;;/h1-7,14H,8-13H2,(H2,19,20)(H,21,24);2*1H. The lowest BCUT2D eigenvalue weighted by Crippen LogP contribution is -2.47. The normalized spacial score (nSPS) is 14.1. The van der Waals surface area contributed by atoms with Gasteiger partial charge in [-0.15, -0.1) is 24.8 Å². The number of carbonyl (C=O) groups excluding carboxylic acids is 1. The maximum atomic E-state index is 12.0. The van der Waals surface area contributed by atoms with E-state index in [4.69, 9.17) is 5.73 Å². The zero-order chi connectivity index (χ0) is 16.8. The van der Waals surface area contributed by atoms with E-state index in [1.807, 2.05) is 6.07 Å². The summed E-state index contributed by atoms with van der Waals surface area (Å²) in [5.41, 5.74) is 7.49. The summed E-state index contributed by atoms with van der Waals surface area (Å²) in [6.45, 7) is 4.72. The summed E-state index contributed by atoms with van der Waals surface area (Å²) in [6.07, 6.45) is 2.06. The van der Waals surface area contributed by atoms with Crippen LogP contribution in [0.4, 0.5) is 17.2 Å². The molecule has 1 amide bonds. The number of carbonyl (C=O) groups is 1. The van der Waals surface area contributed by atoms with Crippen molar-refractivity contribution in [1.29, 1.82) is 0 Å². The van der Waals surface area contributed by atoms with Crippen molar-refractivity contribution < 1.29 is 4.79 Å². The van der Waals surface area contributed by atoms with Gasteiger partial charge in [0.15, 0.2) is 0 Å². The van der Waals surface area contributed by atoms with Gasteiger partial charge >= 0.3 is 0 Å². The summed E-state index contributed by atoms with van der Waals surface area (Å²) >= 11 is 0. The largest absolute Gasteiger partial charge is 0.384 e. The van der Waals surface area contributed by atoms with Crippen LogP contribution in [0.3, 0.4) is 0 Å². The lowest BCUT2D eigenvalue weighted by atomic mass is 10.2. The predicted molar refractivity (Wildman–Crippen MR) is 111 cm³/mol. The second kappa shape index (κ2) is 10.9. The van der Waals surface area contributed by atoms with E-state index in [9.17, 15) is 4.79 Å². The second-order valence-electron chi connectivity index (χ2n) is 5.93. The van der Waals surface area contributed by atoms with E-state index in [1.165, 1.54) is 5.69 Å². The molecule has 1 aliphatic heterocycles. The first-order valence-electron chi connectivity index (χ1n) is 8.24. The Morgan fingerprint density at radius 2 is 1.73 bits per heavy atom. The third-order valence-electron chi connectivity index (χ3n) is 4.22. The monoisotopic (exact) mass is 397 g/mol.